The second-order valence-electron chi connectivity index (χ2n) is 4.08. The van der Waals surface area contributed by atoms with Crippen molar-refractivity contribution in [1.29, 1.82) is 0 Å². The summed E-state index contributed by atoms with van der Waals surface area (Å²) in [6.07, 6.45) is 0. The molecule has 90 valence electrons. The molecule has 0 unspecified atom stereocenters. The molecule has 2 N–H and O–H groups in total. The Morgan fingerprint density at radius 2 is 1.82 bits per heavy atom. The number of H-pyrrole nitrogens is 1. The average molecular weight is 232 g/mol. The molecule has 0 saturated carbocycles. The summed E-state index contributed by atoms with van der Waals surface area (Å²) in [7, 11) is 0. The van der Waals surface area contributed by atoms with Gasteiger partial charge in [0.1, 0.15) is 0 Å². The van der Waals surface area contributed by atoms with Crippen LogP contribution in [0, 0.1) is 27.7 Å². The molecule has 0 radical (unpaired) electrons. The maximum absolute atomic E-state index is 4.30. The molecule has 0 fully saturated rings. The minimum atomic E-state index is 0.535. The number of hydrogen-bond acceptors (Lipinski definition) is 5. The van der Waals surface area contributed by atoms with Crippen LogP contribution in [0.15, 0.2) is 0 Å². The zero-order chi connectivity index (χ0) is 12.4. The van der Waals surface area contributed by atoms with Crippen LogP contribution in [-0.2, 0) is 6.54 Å². The number of nitrogens with zero attached hydrogens (tertiary/aromatic N) is 4. The minimum Gasteiger partial charge on any atom is -0.347 e. The first-order chi connectivity index (χ1) is 8.08. The van der Waals surface area contributed by atoms with Gasteiger partial charge in [0.05, 0.1) is 23.6 Å². The Hall–Kier alpha value is -1.98. The fourth-order valence-corrected chi connectivity index (χ4v) is 1.40. The van der Waals surface area contributed by atoms with Crippen molar-refractivity contribution in [3.8, 4) is 0 Å². The van der Waals surface area contributed by atoms with E-state index in [1.165, 1.54) is 0 Å². The van der Waals surface area contributed by atoms with Crippen molar-refractivity contribution < 1.29 is 0 Å². The summed E-state index contributed by atoms with van der Waals surface area (Å²) in [5, 5.41) is 18.3. The predicted molar refractivity (Wildman–Crippen MR) is 64.7 cm³/mol. The third-order valence-corrected chi connectivity index (χ3v) is 2.86. The van der Waals surface area contributed by atoms with Gasteiger partial charge in [-0.3, -0.25) is 5.10 Å². The number of aromatic amines is 1. The van der Waals surface area contributed by atoms with Gasteiger partial charge in [0.25, 0.3) is 0 Å². The lowest BCUT2D eigenvalue weighted by atomic mass is 10.2. The third-order valence-electron chi connectivity index (χ3n) is 2.86. The lowest BCUT2D eigenvalue weighted by Gasteiger charge is -2.04. The van der Waals surface area contributed by atoms with E-state index in [1.807, 2.05) is 27.7 Å². The van der Waals surface area contributed by atoms with E-state index in [9.17, 15) is 0 Å². The van der Waals surface area contributed by atoms with Crippen molar-refractivity contribution in [2.45, 2.75) is 34.2 Å². The first kappa shape index (κ1) is 11.5. The van der Waals surface area contributed by atoms with E-state index in [4.69, 9.17) is 0 Å². The van der Waals surface area contributed by atoms with Crippen LogP contribution < -0.4 is 5.32 Å². The first-order valence-corrected chi connectivity index (χ1v) is 5.50. The zero-order valence-corrected chi connectivity index (χ0v) is 10.5. The molecule has 2 rings (SSSR count). The van der Waals surface area contributed by atoms with E-state index >= 15 is 0 Å². The Morgan fingerprint density at radius 3 is 2.41 bits per heavy atom. The highest BCUT2D eigenvalue weighted by atomic mass is 15.2. The number of nitrogens with one attached hydrogen (secondary N) is 2. The summed E-state index contributed by atoms with van der Waals surface area (Å²) < 4.78 is 0. The summed E-state index contributed by atoms with van der Waals surface area (Å²) in [4.78, 5) is 4.30. The average Bonchev–Trinajstić information content (AvgIpc) is 2.62. The second kappa shape index (κ2) is 4.48. The van der Waals surface area contributed by atoms with Crippen LogP contribution in [0.3, 0.4) is 0 Å². The van der Waals surface area contributed by atoms with E-state index < -0.39 is 0 Å². The van der Waals surface area contributed by atoms with E-state index in [0.29, 0.717) is 12.5 Å². The highest BCUT2D eigenvalue weighted by molar-refractivity contribution is 5.29. The molecule has 0 aliphatic carbocycles. The van der Waals surface area contributed by atoms with Crippen molar-refractivity contribution in [3.63, 3.8) is 0 Å². The fraction of sp³-hybridized carbons (Fsp3) is 0.455. The van der Waals surface area contributed by atoms with Crippen molar-refractivity contribution in [2.75, 3.05) is 5.32 Å². The van der Waals surface area contributed by atoms with Gasteiger partial charge < -0.3 is 5.32 Å². The fourth-order valence-electron chi connectivity index (χ4n) is 1.40. The standard InChI is InChI=1S/C11H16N6/c1-6-7(2)14-16-10(6)5-12-11-13-8(3)9(4)15-17-11/h5H2,1-4H3,(H,14,16)(H,12,13,17). The van der Waals surface area contributed by atoms with Crippen molar-refractivity contribution >= 4 is 5.95 Å². The predicted octanol–water partition coefficient (Wildman–Crippen LogP) is 1.44. The Labute approximate surface area is 99.9 Å². The van der Waals surface area contributed by atoms with Crippen molar-refractivity contribution in [2.24, 2.45) is 0 Å². The van der Waals surface area contributed by atoms with Crippen molar-refractivity contribution in [3.05, 3.63) is 28.3 Å². The molecule has 0 aromatic carbocycles. The van der Waals surface area contributed by atoms with Crippen LogP contribution in [0.25, 0.3) is 0 Å². The Balaban J connectivity index is 2.07. The number of hydrogen-bond donors (Lipinski definition) is 2. The number of aryl methyl sites for hydroxylation is 3. The van der Waals surface area contributed by atoms with Crippen LogP contribution in [0.5, 0.6) is 0 Å². The molecule has 0 aliphatic heterocycles. The van der Waals surface area contributed by atoms with Gasteiger partial charge in [0, 0.05) is 5.69 Å². The molecule has 2 aromatic rings. The Kier molecular flexibility index (Phi) is 3.03. The molecule has 0 bridgehead atoms. The molecule has 2 aromatic heterocycles. The molecular formula is C11H16N6. The van der Waals surface area contributed by atoms with E-state index in [2.05, 4.69) is 30.7 Å². The largest absolute Gasteiger partial charge is 0.347 e. The molecule has 0 amide bonds. The SMILES string of the molecule is Cc1nnc(NCc2n[nH]c(C)c2C)nc1C. The van der Waals surface area contributed by atoms with Gasteiger partial charge in [-0.05, 0) is 33.3 Å². The maximum Gasteiger partial charge on any atom is 0.243 e. The van der Waals surface area contributed by atoms with Crippen molar-refractivity contribution in [1.82, 2.24) is 25.4 Å². The Morgan fingerprint density at radius 1 is 1.06 bits per heavy atom. The second-order valence-corrected chi connectivity index (χ2v) is 4.08. The smallest absolute Gasteiger partial charge is 0.243 e. The lowest BCUT2D eigenvalue weighted by molar-refractivity contribution is 0.874. The monoisotopic (exact) mass is 232 g/mol. The molecule has 2 heterocycles. The van der Waals surface area contributed by atoms with Crippen LogP contribution in [0.2, 0.25) is 0 Å². The van der Waals surface area contributed by atoms with E-state index in [1.54, 1.807) is 0 Å². The topological polar surface area (TPSA) is 79.4 Å². The van der Waals surface area contributed by atoms with Crippen LogP contribution in [-0.4, -0.2) is 25.4 Å². The summed E-state index contributed by atoms with van der Waals surface area (Å²) in [5.74, 6) is 0.535. The van der Waals surface area contributed by atoms with Crippen LogP contribution in [0.4, 0.5) is 5.95 Å². The van der Waals surface area contributed by atoms with Gasteiger partial charge >= 0.3 is 0 Å². The van der Waals surface area contributed by atoms with E-state index in [0.717, 1.165) is 28.3 Å². The van der Waals surface area contributed by atoms with Gasteiger partial charge in [0.15, 0.2) is 0 Å². The van der Waals surface area contributed by atoms with Gasteiger partial charge in [0.2, 0.25) is 5.95 Å². The van der Waals surface area contributed by atoms with Gasteiger partial charge in [-0.25, -0.2) is 4.98 Å². The summed E-state index contributed by atoms with van der Waals surface area (Å²) in [5.41, 5.74) is 4.96. The molecular weight excluding hydrogens is 216 g/mol. The number of rotatable bonds is 3. The minimum absolute atomic E-state index is 0.535. The van der Waals surface area contributed by atoms with Gasteiger partial charge in [-0.1, -0.05) is 0 Å². The summed E-state index contributed by atoms with van der Waals surface area (Å²) >= 11 is 0. The normalized spacial score (nSPS) is 10.6. The third kappa shape index (κ3) is 2.41. The first-order valence-electron chi connectivity index (χ1n) is 5.50. The molecule has 17 heavy (non-hydrogen) atoms. The van der Waals surface area contributed by atoms with Crippen LogP contribution in [0.1, 0.15) is 28.3 Å². The molecule has 0 aliphatic rings. The molecule has 6 heteroatoms. The molecule has 6 nitrogen and oxygen atoms in total. The molecule has 0 spiro atoms. The molecule has 0 saturated heterocycles. The highest BCUT2D eigenvalue weighted by Crippen LogP contribution is 2.10. The summed E-state index contributed by atoms with van der Waals surface area (Å²) in [6.45, 7) is 8.44. The van der Waals surface area contributed by atoms with Crippen LogP contribution >= 0.6 is 0 Å². The van der Waals surface area contributed by atoms with Gasteiger partial charge in [-0.2, -0.15) is 10.2 Å². The highest BCUT2D eigenvalue weighted by Gasteiger charge is 2.06. The Bertz CT molecular complexity index is 531. The molecule has 0 atom stereocenters. The zero-order valence-electron chi connectivity index (χ0n) is 10.5. The van der Waals surface area contributed by atoms with Gasteiger partial charge in [-0.15, -0.1) is 5.10 Å². The quantitative estimate of drug-likeness (QED) is 0.837. The number of anilines is 1. The maximum atomic E-state index is 4.30. The lowest BCUT2D eigenvalue weighted by Crippen LogP contribution is -2.08. The van der Waals surface area contributed by atoms with E-state index in [-0.39, 0.29) is 0 Å². The summed E-state index contributed by atoms with van der Waals surface area (Å²) in [6, 6.07) is 0. The number of aromatic nitrogens is 5.